The minimum atomic E-state index is 0.486. The Bertz CT molecular complexity index is 413. The molecular formula is C15H22N2O. The number of hydrogen-bond acceptors (Lipinski definition) is 3. The monoisotopic (exact) mass is 246 g/mol. The molecule has 2 heterocycles. The number of benzene rings is 1. The van der Waals surface area contributed by atoms with Gasteiger partial charge in [-0.05, 0) is 42.9 Å². The van der Waals surface area contributed by atoms with Crippen molar-refractivity contribution in [2.24, 2.45) is 0 Å². The predicted octanol–water partition coefficient (Wildman–Crippen LogP) is 2.54. The molecule has 0 amide bonds. The predicted molar refractivity (Wildman–Crippen MR) is 73.2 cm³/mol. The summed E-state index contributed by atoms with van der Waals surface area (Å²) >= 11 is 0. The zero-order valence-electron chi connectivity index (χ0n) is 10.9. The van der Waals surface area contributed by atoms with Gasteiger partial charge in [-0.15, -0.1) is 0 Å². The molecular weight excluding hydrogens is 224 g/mol. The molecule has 1 fully saturated rings. The molecule has 0 bridgehead atoms. The first kappa shape index (κ1) is 12.0. The van der Waals surface area contributed by atoms with Gasteiger partial charge in [0.25, 0.3) is 0 Å². The standard InChI is InChI=1S/C15H22N2O/c16-15-6-3-4-12-10-17(11-14(12)15)8-7-13-5-1-2-9-18-13/h3-4,6,13H,1-2,5,7-11,16H2. The van der Waals surface area contributed by atoms with Crippen molar-refractivity contribution in [3.63, 3.8) is 0 Å². The van der Waals surface area contributed by atoms with E-state index in [1.54, 1.807) is 0 Å². The van der Waals surface area contributed by atoms with Gasteiger partial charge in [-0.2, -0.15) is 0 Å². The number of fused-ring (bicyclic) bond motifs is 1. The van der Waals surface area contributed by atoms with E-state index in [1.165, 1.54) is 30.4 Å². The molecule has 1 aromatic carbocycles. The van der Waals surface area contributed by atoms with E-state index in [0.717, 1.165) is 38.3 Å². The van der Waals surface area contributed by atoms with Gasteiger partial charge < -0.3 is 10.5 Å². The average molecular weight is 246 g/mol. The molecule has 2 aliphatic rings. The maximum Gasteiger partial charge on any atom is 0.0587 e. The Labute approximate surface area is 109 Å². The van der Waals surface area contributed by atoms with Crippen molar-refractivity contribution >= 4 is 5.69 Å². The van der Waals surface area contributed by atoms with Crippen LogP contribution in [0.25, 0.3) is 0 Å². The number of nitrogens with two attached hydrogens (primary N) is 1. The van der Waals surface area contributed by atoms with Gasteiger partial charge in [-0.25, -0.2) is 0 Å². The SMILES string of the molecule is Nc1cccc2c1CN(CCC1CCCCO1)C2. The molecule has 3 rings (SSSR count). The Kier molecular flexibility index (Phi) is 3.52. The molecule has 1 aromatic rings. The first-order valence-electron chi connectivity index (χ1n) is 7.03. The maximum absolute atomic E-state index is 6.02. The zero-order valence-corrected chi connectivity index (χ0v) is 10.9. The number of rotatable bonds is 3. The fourth-order valence-electron chi connectivity index (χ4n) is 3.04. The first-order valence-corrected chi connectivity index (χ1v) is 7.03. The molecule has 2 aliphatic heterocycles. The number of nitrogens with zero attached hydrogens (tertiary/aromatic N) is 1. The van der Waals surface area contributed by atoms with Crippen molar-refractivity contribution in [1.82, 2.24) is 4.90 Å². The molecule has 18 heavy (non-hydrogen) atoms. The molecule has 98 valence electrons. The summed E-state index contributed by atoms with van der Waals surface area (Å²) in [6.07, 6.45) is 5.46. The quantitative estimate of drug-likeness (QED) is 0.833. The van der Waals surface area contributed by atoms with Gasteiger partial charge in [0, 0.05) is 31.9 Å². The van der Waals surface area contributed by atoms with Crippen LogP contribution in [-0.4, -0.2) is 24.2 Å². The van der Waals surface area contributed by atoms with Crippen LogP contribution in [0.5, 0.6) is 0 Å². The van der Waals surface area contributed by atoms with Crippen LogP contribution in [0.1, 0.15) is 36.8 Å². The molecule has 3 nitrogen and oxygen atoms in total. The van der Waals surface area contributed by atoms with E-state index in [9.17, 15) is 0 Å². The molecule has 2 N–H and O–H groups in total. The van der Waals surface area contributed by atoms with Gasteiger partial charge >= 0.3 is 0 Å². The van der Waals surface area contributed by atoms with Crippen molar-refractivity contribution in [1.29, 1.82) is 0 Å². The average Bonchev–Trinajstić information content (AvgIpc) is 2.82. The highest BCUT2D eigenvalue weighted by Crippen LogP contribution is 2.28. The van der Waals surface area contributed by atoms with Crippen molar-refractivity contribution in [2.45, 2.75) is 44.9 Å². The van der Waals surface area contributed by atoms with Crippen LogP contribution >= 0.6 is 0 Å². The summed E-state index contributed by atoms with van der Waals surface area (Å²) in [7, 11) is 0. The zero-order chi connectivity index (χ0) is 12.4. The van der Waals surface area contributed by atoms with Crippen molar-refractivity contribution < 1.29 is 4.74 Å². The van der Waals surface area contributed by atoms with E-state index in [-0.39, 0.29) is 0 Å². The minimum absolute atomic E-state index is 0.486. The van der Waals surface area contributed by atoms with E-state index in [1.807, 2.05) is 6.07 Å². The number of ether oxygens (including phenoxy) is 1. The van der Waals surface area contributed by atoms with Crippen LogP contribution in [0, 0.1) is 0 Å². The number of anilines is 1. The second-order valence-corrected chi connectivity index (χ2v) is 5.47. The molecule has 1 unspecified atom stereocenters. The van der Waals surface area contributed by atoms with E-state index < -0.39 is 0 Å². The summed E-state index contributed by atoms with van der Waals surface area (Å²) in [6.45, 7) is 4.14. The Morgan fingerprint density at radius 3 is 3.00 bits per heavy atom. The van der Waals surface area contributed by atoms with E-state index in [4.69, 9.17) is 10.5 Å². The first-order chi connectivity index (χ1) is 8.83. The fraction of sp³-hybridized carbons (Fsp3) is 0.600. The fourth-order valence-corrected chi connectivity index (χ4v) is 3.04. The van der Waals surface area contributed by atoms with Gasteiger partial charge in [0.05, 0.1) is 6.10 Å². The van der Waals surface area contributed by atoms with Crippen LogP contribution in [0.3, 0.4) is 0 Å². The Balaban J connectivity index is 1.53. The smallest absolute Gasteiger partial charge is 0.0587 e. The third-order valence-corrected chi connectivity index (χ3v) is 4.13. The normalized spacial score (nSPS) is 24.1. The van der Waals surface area contributed by atoms with E-state index in [0.29, 0.717) is 6.10 Å². The highest BCUT2D eigenvalue weighted by Gasteiger charge is 2.22. The van der Waals surface area contributed by atoms with Gasteiger partial charge in [0.2, 0.25) is 0 Å². The van der Waals surface area contributed by atoms with Gasteiger partial charge in [0.15, 0.2) is 0 Å². The number of nitrogen functional groups attached to an aromatic ring is 1. The Morgan fingerprint density at radius 1 is 1.28 bits per heavy atom. The highest BCUT2D eigenvalue weighted by molar-refractivity contribution is 5.52. The lowest BCUT2D eigenvalue weighted by Crippen LogP contribution is -2.26. The van der Waals surface area contributed by atoms with Crippen LogP contribution in [0.4, 0.5) is 5.69 Å². The lowest BCUT2D eigenvalue weighted by Gasteiger charge is -2.24. The van der Waals surface area contributed by atoms with Crippen LogP contribution in [-0.2, 0) is 17.8 Å². The van der Waals surface area contributed by atoms with Gasteiger partial charge in [0.1, 0.15) is 0 Å². The lowest BCUT2D eigenvalue weighted by molar-refractivity contribution is 0.00526. The van der Waals surface area contributed by atoms with Crippen LogP contribution in [0.2, 0.25) is 0 Å². The number of hydrogen-bond donors (Lipinski definition) is 1. The minimum Gasteiger partial charge on any atom is -0.398 e. The third kappa shape index (κ3) is 2.52. The molecule has 0 saturated carbocycles. The largest absolute Gasteiger partial charge is 0.398 e. The van der Waals surface area contributed by atoms with Crippen LogP contribution < -0.4 is 5.73 Å². The Morgan fingerprint density at radius 2 is 2.22 bits per heavy atom. The topological polar surface area (TPSA) is 38.5 Å². The molecule has 1 saturated heterocycles. The maximum atomic E-state index is 6.02. The summed E-state index contributed by atoms with van der Waals surface area (Å²) in [5.74, 6) is 0. The summed E-state index contributed by atoms with van der Waals surface area (Å²) in [6, 6.07) is 6.26. The lowest BCUT2D eigenvalue weighted by atomic mass is 10.1. The Hall–Kier alpha value is -1.06. The van der Waals surface area contributed by atoms with Gasteiger partial charge in [-0.1, -0.05) is 12.1 Å². The summed E-state index contributed by atoms with van der Waals surface area (Å²) in [5, 5.41) is 0. The van der Waals surface area contributed by atoms with Crippen LogP contribution in [0.15, 0.2) is 18.2 Å². The van der Waals surface area contributed by atoms with Gasteiger partial charge in [-0.3, -0.25) is 4.90 Å². The second-order valence-electron chi connectivity index (χ2n) is 5.47. The molecule has 0 aromatic heterocycles. The summed E-state index contributed by atoms with van der Waals surface area (Å²) in [4.78, 5) is 2.49. The molecule has 0 radical (unpaired) electrons. The molecule has 0 spiro atoms. The molecule has 3 heteroatoms. The van der Waals surface area contributed by atoms with Crippen molar-refractivity contribution in [3.8, 4) is 0 Å². The summed E-state index contributed by atoms with van der Waals surface area (Å²) < 4.78 is 5.79. The van der Waals surface area contributed by atoms with E-state index >= 15 is 0 Å². The summed E-state index contributed by atoms with van der Waals surface area (Å²) in [5.41, 5.74) is 9.71. The molecule has 0 aliphatic carbocycles. The van der Waals surface area contributed by atoms with Crippen molar-refractivity contribution in [3.05, 3.63) is 29.3 Å². The van der Waals surface area contributed by atoms with E-state index in [2.05, 4.69) is 17.0 Å². The third-order valence-electron chi connectivity index (χ3n) is 4.13. The van der Waals surface area contributed by atoms with Crippen molar-refractivity contribution in [2.75, 3.05) is 18.9 Å². The second kappa shape index (κ2) is 5.29. The highest BCUT2D eigenvalue weighted by atomic mass is 16.5. The molecule has 1 atom stereocenters.